The Kier molecular flexibility index (Phi) is 2.60. The zero-order chi connectivity index (χ0) is 8.39. The molecule has 0 amide bonds. The van der Waals surface area contributed by atoms with Crippen molar-refractivity contribution in [2.24, 2.45) is 5.84 Å². The summed E-state index contributed by atoms with van der Waals surface area (Å²) in [5.41, 5.74) is 0. The molecule has 0 spiro atoms. The van der Waals surface area contributed by atoms with Crippen molar-refractivity contribution in [3.8, 4) is 0 Å². The van der Waals surface area contributed by atoms with Crippen molar-refractivity contribution < 1.29 is 0 Å². The molecule has 0 saturated carbocycles. The van der Waals surface area contributed by atoms with E-state index < -0.39 is 0 Å². The van der Waals surface area contributed by atoms with Gasteiger partial charge in [-0.25, -0.2) is 15.9 Å². The van der Waals surface area contributed by atoms with Crippen molar-refractivity contribution in [2.45, 2.75) is 25.7 Å². The number of nitrogens with two attached hydrogens (primary N) is 1. The summed E-state index contributed by atoms with van der Waals surface area (Å²) in [6.45, 7) is 4.53. The highest BCUT2D eigenvalue weighted by molar-refractivity contribution is 4.65. The maximum atomic E-state index is 5.97. The third kappa shape index (κ3) is 1.61. The van der Waals surface area contributed by atoms with Gasteiger partial charge in [0.05, 0.1) is 0 Å². The molecule has 0 aromatic carbocycles. The Hall–Kier alpha value is -0.160. The molecule has 0 atom stereocenters. The Labute approximate surface area is 73.8 Å². The fraction of sp³-hybridized carbons (Fsp3) is 1.00. The molecule has 4 heteroatoms. The van der Waals surface area contributed by atoms with Crippen LogP contribution in [-0.4, -0.2) is 41.4 Å². The molecule has 70 valence electrons. The topological polar surface area (TPSA) is 35.7 Å². The lowest BCUT2D eigenvalue weighted by atomic mass is 10.4. The highest BCUT2D eigenvalue weighted by Gasteiger charge is 2.24. The average molecular weight is 170 g/mol. The molecule has 2 rings (SSSR count). The minimum absolute atomic E-state index is 1.13. The molecule has 12 heavy (non-hydrogen) atoms. The van der Waals surface area contributed by atoms with Crippen molar-refractivity contribution in [3.05, 3.63) is 0 Å². The van der Waals surface area contributed by atoms with Gasteiger partial charge in [-0.3, -0.25) is 0 Å². The molecular weight excluding hydrogens is 152 g/mol. The Balaban J connectivity index is 1.84. The quantitative estimate of drug-likeness (QED) is 0.474. The fourth-order valence-electron chi connectivity index (χ4n) is 1.99. The van der Waals surface area contributed by atoms with Crippen LogP contribution in [0.2, 0.25) is 0 Å². The van der Waals surface area contributed by atoms with Crippen molar-refractivity contribution in [1.29, 1.82) is 0 Å². The van der Waals surface area contributed by atoms with Crippen LogP contribution in [0.15, 0.2) is 0 Å². The largest absolute Gasteiger partial charge is 0.240 e. The van der Waals surface area contributed by atoms with Gasteiger partial charge in [-0.05, 0) is 25.7 Å². The van der Waals surface area contributed by atoms with Gasteiger partial charge in [-0.1, -0.05) is 0 Å². The maximum absolute atomic E-state index is 5.97. The number of hydrazine groups is 3. The summed E-state index contributed by atoms with van der Waals surface area (Å²) in [7, 11) is 0. The molecular formula is C8H18N4. The average Bonchev–Trinajstić information content (AvgIpc) is 2.77. The van der Waals surface area contributed by atoms with Crippen molar-refractivity contribution >= 4 is 0 Å². The van der Waals surface area contributed by atoms with Gasteiger partial charge in [-0.2, -0.15) is 0 Å². The molecule has 2 saturated heterocycles. The van der Waals surface area contributed by atoms with E-state index in [4.69, 9.17) is 5.84 Å². The first-order valence-electron chi connectivity index (χ1n) is 4.92. The van der Waals surface area contributed by atoms with Crippen LogP contribution < -0.4 is 5.84 Å². The third-order valence-corrected chi connectivity index (χ3v) is 2.74. The molecule has 0 bridgehead atoms. The second-order valence-electron chi connectivity index (χ2n) is 3.64. The zero-order valence-corrected chi connectivity index (χ0v) is 7.58. The Morgan fingerprint density at radius 3 is 1.42 bits per heavy atom. The second-order valence-corrected chi connectivity index (χ2v) is 3.64. The normalized spacial score (nSPS) is 27.5. The fourth-order valence-corrected chi connectivity index (χ4v) is 1.99. The molecule has 2 N–H and O–H groups in total. The van der Waals surface area contributed by atoms with Gasteiger partial charge in [0, 0.05) is 26.2 Å². The molecule has 0 radical (unpaired) electrons. The van der Waals surface area contributed by atoms with E-state index in [9.17, 15) is 0 Å². The van der Waals surface area contributed by atoms with E-state index in [0.29, 0.717) is 0 Å². The maximum Gasteiger partial charge on any atom is 0.0161 e. The molecule has 0 aromatic rings. The standard InChI is InChI=1S/C8H18N4/c9-12(10-5-1-2-6-10)11-7-3-4-8-11/h1-9H2. The van der Waals surface area contributed by atoms with Crippen molar-refractivity contribution in [3.63, 3.8) is 0 Å². The van der Waals surface area contributed by atoms with Crippen LogP contribution in [0.5, 0.6) is 0 Å². The van der Waals surface area contributed by atoms with E-state index >= 15 is 0 Å². The molecule has 0 unspecified atom stereocenters. The van der Waals surface area contributed by atoms with Crippen LogP contribution in [0.25, 0.3) is 0 Å². The van der Waals surface area contributed by atoms with E-state index in [2.05, 4.69) is 10.0 Å². The molecule has 4 nitrogen and oxygen atoms in total. The summed E-state index contributed by atoms with van der Waals surface area (Å²) in [6, 6.07) is 0. The monoisotopic (exact) mass is 170 g/mol. The van der Waals surface area contributed by atoms with Crippen LogP contribution in [0.1, 0.15) is 25.7 Å². The molecule has 2 aliphatic heterocycles. The lowest BCUT2D eigenvalue weighted by Crippen LogP contribution is -2.55. The van der Waals surface area contributed by atoms with Crippen LogP contribution in [0.3, 0.4) is 0 Å². The number of hydrogen-bond donors (Lipinski definition) is 1. The van der Waals surface area contributed by atoms with Gasteiger partial charge in [-0.15, -0.1) is 5.23 Å². The van der Waals surface area contributed by atoms with Gasteiger partial charge in [0.25, 0.3) is 0 Å². The molecule has 0 aliphatic carbocycles. The van der Waals surface area contributed by atoms with Crippen molar-refractivity contribution in [2.75, 3.05) is 26.2 Å². The van der Waals surface area contributed by atoms with E-state index in [1.165, 1.54) is 25.7 Å². The predicted molar refractivity (Wildman–Crippen MR) is 47.6 cm³/mol. The number of hydrogen-bond acceptors (Lipinski definition) is 4. The number of nitrogens with zero attached hydrogens (tertiary/aromatic N) is 3. The molecule has 2 heterocycles. The zero-order valence-electron chi connectivity index (χ0n) is 7.58. The Bertz CT molecular complexity index is 122. The molecule has 2 aliphatic rings. The first kappa shape index (κ1) is 8.44. The second kappa shape index (κ2) is 3.70. The SMILES string of the molecule is NN(N1CCCC1)N1CCCC1. The number of rotatable bonds is 2. The Morgan fingerprint density at radius 2 is 1.08 bits per heavy atom. The van der Waals surface area contributed by atoms with Crippen LogP contribution in [0.4, 0.5) is 0 Å². The lowest BCUT2D eigenvalue weighted by Gasteiger charge is -2.33. The van der Waals surface area contributed by atoms with Crippen LogP contribution >= 0.6 is 0 Å². The molecule has 2 fully saturated rings. The smallest absolute Gasteiger partial charge is 0.0161 e. The summed E-state index contributed by atoms with van der Waals surface area (Å²) in [6.07, 6.45) is 5.17. The third-order valence-electron chi connectivity index (χ3n) is 2.74. The lowest BCUT2D eigenvalue weighted by molar-refractivity contribution is -0.168. The van der Waals surface area contributed by atoms with Crippen LogP contribution in [-0.2, 0) is 0 Å². The summed E-state index contributed by atoms with van der Waals surface area (Å²) >= 11 is 0. The van der Waals surface area contributed by atoms with E-state index in [-0.39, 0.29) is 0 Å². The van der Waals surface area contributed by atoms with Gasteiger partial charge < -0.3 is 0 Å². The summed E-state index contributed by atoms with van der Waals surface area (Å²) in [4.78, 5) is 0. The Morgan fingerprint density at radius 1 is 0.750 bits per heavy atom. The van der Waals surface area contributed by atoms with Gasteiger partial charge in [0.1, 0.15) is 0 Å². The highest BCUT2D eigenvalue weighted by Crippen LogP contribution is 2.14. The van der Waals surface area contributed by atoms with Gasteiger partial charge in [0.15, 0.2) is 0 Å². The van der Waals surface area contributed by atoms with Gasteiger partial charge >= 0.3 is 0 Å². The van der Waals surface area contributed by atoms with Crippen molar-refractivity contribution in [1.82, 2.24) is 15.2 Å². The predicted octanol–water partition coefficient (Wildman–Crippen LogP) is 0.184. The van der Waals surface area contributed by atoms with E-state index in [1.807, 2.05) is 5.23 Å². The highest BCUT2D eigenvalue weighted by atomic mass is 16.0. The minimum Gasteiger partial charge on any atom is -0.240 e. The summed E-state index contributed by atoms with van der Waals surface area (Å²) < 4.78 is 0. The minimum atomic E-state index is 1.13. The van der Waals surface area contributed by atoms with Crippen LogP contribution in [0, 0.1) is 0 Å². The summed E-state index contributed by atoms with van der Waals surface area (Å²) in [5, 5.41) is 6.33. The van der Waals surface area contributed by atoms with E-state index in [0.717, 1.165) is 26.2 Å². The van der Waals surface area contributed by atoms with E-state index in [1.54, 1.807) is 0 Å². The summed E-state index contributed by atoms with van der Waals surface area (Å²) in [5.74, 6) is 5.97. The first-order chi connectivity index (χ1) is 5.88. The van der Waals surface area contributed by atoms with Gasteiger partial charge in [0.2, 0.25) is 0 Å². The molecule has 0 aromatic heterocycles. The first-order valence-corrected chi connectivity index (χ1v) is 4.92.